The molecule has 0 spiro atoms. The molecule has 92 valence electrons. The topological polar surface area (TPSA) is 58.1 Å². The van der Waals surface area contributed by atoms with Gasteiger partial charge in [0.15, 0.2) is 5.82 Å². The number of nitrogens with zero attached hydrogens (tertiary/aromatic N) is 3. The van der Waals surface area contributed by atoms with Gasteiger partial charge in [0.25, 0.3) is 0 Å². The van der Waals surface area contributed by atoms with E-state index >= 15 is 0 Å². The summed E-state index contributed by atoms with van der Waals surface area (Å²) in [7, 11) is 0. The molecule has 1 saturated heterocycles. The molecule has 2 heterocycles. The monoisotopic (exact) mass is 238 g/mol. The van der Waals surface area contributed by atoms with Gasteiger partial charge in [-0.25, -0.2) is 14.4 Å². The maximum Gasteiger partial charge on any atom is 0.242 e. The summed E-state index contributed by atoms with van der Waals surface area (Å²) >= 11 is 0. The van der Waals surface area contributed by atoms with Crippen LogP contribution in [0.5, 0.6) is 0 Å². The Balaban J connectivity index is 2.21. The van der Waals surface area contributed by atoms with Gasteiger partial charge in [-0.1, -0.05) is 13.3 Å². The molecule has 5 nitrogen and oxygen atoms in total. The fourth-order valence-corrected chi connectivity index (χ4v) is 1.97. The summed E-state index contributed by atoms with van der Waals surface area (Å²) in [6.07, 6.45) is 3.89. The second-order valence-corrected chi connectivity index (χ2v) is 3.99. The van der Waals surface area contributed by atoms with Crippen LogP contribution in [0.2, 0.25) is 0 Å². The lowest BCUT2D eigenvalue weighted by atomic mass is 10.1. The summed E-state index contributed by atoms with van der Waals surface area (Å²) in [5.74, 6) is -0.0621. The number of halogens is 1. The van der Waals surface area contributed by atoms with Gasteiger partial charge in [0.1, 0.15) is 6.04 Å². The van der Waals surface area contributed by atoms with Gasteiger partial charge in [-0.05, 0) is 6.42 Å². The van der Waals surface area contributed by atoms with Crippen LogP contribution < -0.4 is 10.2 Å². The number of carbonyl (C=O) groups excluding carboxylic acids is 1. The van der Waals surface area contributed by atoms with Gasteiger partial charge in [0.05, 0.1) is 12.4 Å². The van der Waals surface area contributed by atoms with Crippen molar-refractivity contribution in [3.8, 4) is 0 Å². The van der Waals surface area contributed by atoms with Crippen molar-refractivity contribution in [1.29, 1.82) is 0 Å². The first-order chi connectivity index (χ1) is 8.22. The fourth-order valence-electron chi connectivity index (χ4n) is 1.97. The molecular weight excluding hydrogens is 223 g/mol. The van der Waals surface area contributed by atoms with E-state index in [-0.39, 0.29) is 11.9 Å². The van der Waals surface area contributed by atoms with E-state index in [2.05, 4.69) is 15.3 Å². The zero-order chi connectivity index (χ0) is 12.3. The van der Waals surface area contributed by atoms with Crippen LogP contribution in [-0.2, 0) is 4.79 Å². The number of anilines is 1. The normalized spacial score (nSPS) is 20.2. The largest absolute Gasteiger partial charge is 0.353 e. The maximum atomic E-state index is 12.8. The molecule has 0 unspecified atom stereocenters. The van der Waals surface area contributed by atoms with Gasteiger partial charge in [0.2, 0.25) is 11.9 Å². The summed E-state index contributed by atoms with van der Waals surface area (Å²) in [5, 5.41) is 2.82. The van der Waals surface area contributed by atoms with Crippen molar-refractivity contribution >= 4 is 11.9 Å². The average molecular weight is 238 g/mol. The van der Waals surface area contributed by atoms with Crippen molar-refractivity contribution in [3.05, 3.63) is 18.2 Å². The third-order valence-electron chi connectivity index (χ3n) is 2.76. The number of hydrogen-bond donors (Lipinski definition) is 1. The molecule has 17 heavy (non-hydrogen) atoms. The van der Waals surface area contributed by atoms with E-state index in [0.29, 0.717) is 19.0 Å². The molecule has 0 aliphatic carbocycles. The Bertz CT molecular complexity index is 395. The highest BCUT2D eigenvalue weighted by atomic mass is 19.1. The maximum absolute atomic E-state index is 12.8. The minimum Gasteiger partial charge on any atom is -0.353 e. The number of aromatic nitrogens is 2. The van der Waals surface area contributed by atoms with Gasteiger partial charge < -0.3 is 10.2 Å². The molecule has 2 rings (SSSR count). The van der Waals surface area contributed by atoms with E-state index in [0.717, 1.165) is 25.2 Å². The average Bonchev–Trinajstić information content (AvgIpc) is 2.33. The minimum atomic E-state index is -0.470. The van der Waals surface area contributed by atoms with Crippen molar-refractivity contribution < 1.29 is 9.18 Å². The van der Waals surface area contributed by atoms with E-state index in [1.54, 1.807) is 0 Å². The fraction of sp³-hybridized carbons (Fsp3) is 0.545. The van der Waals surface area contributed by atoms with E-state index in [4.69, 9.17) is 0 Å². The molecule has 0 radical (unpaired) electrons. The van der Waals surface area contributed by atoms with Crippen LogP contribution in [0.3, 0.4) is 0 Å². The molecule has 1 aromatic heterocycles. The molecule has 1 N–H and O–H groups in total. The molecule has 1 amide bonds. The second-order valence-electron chi connectivity index (χ2n) is 3.99. The molecule has 6 heteroatoms. The number of rotatable bonds is 3. The van der Waals surface area contributed by atoms with Gasteiger partial charge in [0, 0.05) is 13.1 Å². The van der Waals surface area contributed by atoms with Crippen LogP contribution in [0.4, 0.5) is 10.3 Å². The summed E-state index contributed by atoms with van der Waals surface area (Å²) in [5.41, 5.74) is 0. The lowest BCUT2D eigenvalue weighted by molar-refractivity contribution is -0.123. The van der Waals surface area contributed by atoms with Crippen LogP contribution in [-0.4, -0.2) is 35.0 Å². The van der Waals surface area contributed by atoms with Gasteiger partial charge in [-0.2, -0.15) is 0 Å². The third kappa shape index (κ3) is 2.51. The lowest BCUT2D eigenvalue weighted by Crippen LogP contribution is -2.55. The number of piperazine rings is 1. The van der Waals surface area contributed by atoms with E-state index in [1.165, 1.54) is 0 Å². The summed E-state index contributed by atoms with van der Waals surface area (Å²) in [6.45, 7) is 3.24. The first-order valence-electron chi connectivity index (χ1n) is 5.74. The Morgan fingerprint density at radius 3 is 2.88 bits per heavy atom. The predicted octanol–water partition coefficient (Wildman–Crippen LogP) is 0.721. The molecule has 1 aromatic rings. The Hall–Kier alpha value is -1.72. The van der Waals surface area contributed by atoms with E-state index in [9.17, 15) is 9.18 Å². The molecule has 1 aliphatic rings. The standard InChI is InChI=1S/C11H15FN4O/c1-2-3-9-10(17)13-4-5-16(9)11-14-6-8(12)7-15-11/h6-7,9H,2-5H2,1H3,(H,13,17)/t9-/m0/s1. The molecule has 0 aromatic carbocycles. The molecule has 1 atom stereocenters. The van der Waals surface area contributed by atoms with Crippen LogP contribution in [0.25, 0.3) is 0 Å². The van der Waals surface area contributed by atoms with Gasteiger partial charge in [-0.3, -0.25) is 4.79 Å². The minimum absolute atomic E-state index is 0.00831. The summed E-state index contributed by atoms with van der Waals surface area (Å²) < 4.78 is 12.8. The Kier molecular flexibility index (Phi) is 3.51. The number of carbonyl (C=O) groups is 1. The van der Waals surface area contributed by atoms with Crippen molar-refractivity contribution in [3.63, 3.8) is 0 Å². The van der Waals surface area contributed by atoms with Crippen LogP contribution in [0, 0.1) is 5.82 Å². The van der Waals surface area contributed by atoms with Crippen molar-refractivity contribution in [2.45, 2.75) is 25.8 Å². The number of nitrogens with one attached hydrogen (secondary N) is 1. The summed E-state index contributed by atoms with van der Waals surface area (Å²) in [4.78, 5) is 21.4. The highest BCUT2D eigenvalue weighted by Crippen LogP contribution is 2.16. The van der Waals surface area contributed by atoms with Crippen molar-refractivity contribution in [1.82, 2.24) is 15.3 Å². The van der Waals surface area contributed by atoms with Gasteiger partial charge >= 0.3 is 0 Å². The quantitative estimate of drug-likeness (QED) is 0.843. The summed E-state index contributed by atoms with van der Waals surface area (Å²) in [6, 6.07) is -0.251. The van der Waals surface area contributed by atoms with E-state index in [1.807, 2.05) is 11.8 Å². The highest BCUT2D eigenvalue weighted by molar-refractivity contribution is 5.85. The third-order valence-corrected chi connectivity index (χ3v) is 2.76. The van der Waals surface area contributed by atoms with Crippen LogP contribution >= 0.6 is 0 Å². The SMILES string of the molecule is CCC[C@H]1C(=O)NCCN1c1ncc(F)cn1. The highest BCUT2D eigenvalue weighted by Gasteiger charge is 2.30. The van der Waals surface area contributed by atoms with Crippen molar-refractivity contribution in [2.24, 2.45) is 0 Å². The molecule has 0 saturated carbocycles. The Morgan fingerprint density at radius 2 is 2.24 bits per heavy atom. The Morgan fingerprint density at radius 1 is 1.53 bits per heavy atom. The molecule has 1 aliphatic heterocycles. The molecular formula is C11H15FN4O. The van der Waals surface area contributed by atoms with Gasteiger partial charge in [-0.15, -0.1) is 0 Å². The molecule has 1 fully saturated rings. The molecule has 0 bridgehead atoms. The Labute approximate surface area is 99.1 Å². The predicted molar refractivity (Wildman–Crippen MR) is 61.0 cm³/mol. The first-order valence-corrected chi connectivity index (χ1v) is 5.74. The number of hydrogen-bond acceptors (Lipinski definition) is 4. The lowest BCUT2D eigenvalue weighted by Gasteiger charge is -2.34. The van der Waals surface area contributed by atoms with E-state index < -0.39 is 5.82 Å². The zero-order valence-corrected chi connectivity index (χ0v) is 9.69. The second kappa shape index (κ2) is 5.07. The number of amides is 1. The van der Waals surface area contributed by atoms with Crippen LogP contribution in [0.15, 0.2) is 12.4 Å². The smallest absolute Gasteiger partial charge is 0.242 e. The van der Waals surface area contributed by atoms with Crippen LogP contribution in [0.1, 0.15) is 19.8 Å². The zero-order valence-electron chi connectivity index (χ0n) is 9.69. The first kappa shape index (κ1) is 11.8. The van der Waals surface area contributed by atoms with Crippen molar-refractivity contribution in [2.75, 3.05) is 18.0 Å².